The Morgan fingerprint density at radius 1 is 0.889 bits per heavy atom. The third-order valence-corrected chi connectivity index (χ3v) is 4.92. The maximum Gasteiger partial charge on any atom is 0.170 e. The molecule has 0 aromatic rings. The van der Waals surface area contributed by atoms with E-state index in [-0.39, 0.29) is 5.41 Å². The average Bonchev–Trinajstić information content (AvgIpc) is 2.36. The van der Waals surface area contributed by atoms with Crippen LogP contribution >= 0.6 is 0 Å². The highest BCUT2D eigenvalue weighted by molar-refractivity contribution is 4.87. The van der Waals surface area contributed by atoms with Crippen LogP contribution in [0.1, 0.15) is 73.1 Å². The van der Waals surface area contributed by atoms with E-state index >= 15 is 0 Å². The SMILES string of the molecule is CCCCCCCC(C)C(C)(C)C(C)(OC)OC. The average molecular weight is 258 g/mol. The summed E-state index contributed by atoms with van der Waals surface area (Å²) in [6.07, 6.45) is 7.96. The molecular weight excluding hydrogens is 224 g/mol. The summed E-state index contributed by atoms with van der Waals surface area (Å²) in [4.78, 5) is 0. The summed E-state index contributed by atoms with van der Waals surface area (Å²) < 4.78 is 11.2. The molecule has 0 fully saturated rings. The van der Waals surface area contributed by atoms with E-state index in [0.717, 1.165) is 0 Å². The van der Waals surface area contributed by atoms with Crippen LogP contribution in [0.15, 0.2) is 0 Å². The van der Waals surface area contributed by atoms with Gasteiger partial charge in [-0.3, -0.25) is 0 Å². The number of rotatable bonds is 10. The van der Waals surface area contributed by atoms with Gasteiger partial charge in [0.05, 0.1) is 0 Å². The van der Waals surface area contributed by atoms with Gasteiger partial charge in [-0.1, -0.05) is 66.2 Å². The van der Waals surface area contributed by atoms with Gasteiger partial charge in [-0.05, 0) is 12.8 Å². The molecule has 1 atom stereocenters. The molecular formula is C16H34O2. The third kappa shape index (κ3) is 4.55. The summed E-state index contributed by atoms with van der Waals surface area (Å²) in [5.41, 5.74) is 0.0151. The molecule has 0 amide bonds. The Morgan fingerprint density at radius 3 is 1.83 bits per heavy atom. The van der Waals surface area contributed by atoms with Crippen molar-refractivity contribution in [1.82, 2.24) is 0 Å². The lowest BCUT2D eigenvalue weighted by Crippen LogP contribution is -2.49. The van der Waals surface area contributed by atoms with Crippen molar-refractivity contribution in [3.63, 3.8) is 0 Å². The van der Waals surface area contributed by atoms with Gasteiger partial charge in [0, 0.05) is 19.6 Å². The van der Waals surface area contributed by atoms with Crippen molar-refractivity contribution in [2.75, 3.05) is 14.2 Å². The van der Waals surface area contributed by atoms with E-state index in [1.54, 1.807) is 14.2 Å². The Bertz CT molecular complexity index is 207. The first-order valence-corrected chi connectivity index (χ1v) is 7.46. The highest BCUT2D eigenvalue weighted by Gasteiger charge is 2.45. The lowest BCUT2D eigenvalue weighted by Gasteiger charge is -2.45. The molecule has 0 N–H and O–H groups in total. The standard InChI is InChI=1S/C16H34O2/c1-8-9-10-11-12-13-14(2)15(3,4)16(5,17-6)18-7/h14H,8-13H2,1-7H3. The van der Waals surface area contributed by atoms with Gasteiger partial charge in [0.1, 0.15) is 0 Å². The molecule has 2 nitrogen and oxygen atoms in total. The Balaban J connectivity index is 4.25. The molecule has 0 heterocycles. The zero-order valence-electron chi connectivity index (χ0n) is 13.6. The van der Waals surface area contributed by atoms with Crippen molar-refractivity contribution in [1.29, 1.82) is 0 Å². The minimum atomic E-state index is -0.504. The normalized spacial score (nSPS) is 14.8. The van der Waals surface area contributed by atoms with Crippen LogP contribution in [-0.2, 0) is 9.47 Å². The van der Waals surface area contributed by atoms with Gasteiger partial charge < -0.3 is 9.47 Å². The largest absolute Gasteiger partial charge is 0.353 e. The Hall–Kier alpha value is -0.0800. The van der Waals surface area contributed by atoms with Gasteiger partial charge in [-0.25, -0.2) is 0 Å². The molecule has 0 aliphatic rings. The lowest BCUT2D eigenvalue weighted by atomic mass is 9.71. The maximum absolute atomic E-state index is 5.60. The Morgan fingerprint density at radius 2 is 1.39 bits per heavy atom. The molecule has 0 aliphatic carbocycles. The van der Waals surface area contributed by atoms with E-state index in [2.05, 4.69) is 27.7 Å². The van der Waals surface area contributed by atoms with Gasteiger partial charge in [-0.15, -0.1) is 0 Å². The lowest BCUT2D eigenvalue weighted by molar-refractivity contribution is -0.268. The van der Waals surface area contributed by atoms with E-state index < -0.39 is 5.79 Å². The summed E-state index contributed by atoms with van der Waals surface area (Å²) in [6.45, 7) is 11.1. The van der Waals surface area contributed by atoms with Gasteiger partial charge in [-0.2, -0.15) is 0 Å². The molecule has 0 saturated carbocycles. The molecule has 0 aliphatic heterocycles. The molecule has 0 aromatic heterocycles. The first-order chi connectivity index (χ1) is 8.35. The fourth-order valence-electron chi connectivity index (χ4n) is 2.47. The summed E-state index contributed by atoms with van der Waals surface area (Å²) in [7, 11) is 3.47. The zero-order chi connectivity index (χ0) is 14.2. The van der Waals surface area contributed by atoms with Crippen molar-refractivity contribution >= 4 is 0 Å². The van der Waals surface area contributed by atoms with Gasteiger partial charge in [0.25, 0.3) is 0 Å². The van der Waals surface area contributed by atoms with Crippen molar-refractivity contribution in [3.05, 3.63) is 0 Å². The number of ether oxygens (including phenoxy) is 2. The molecule has 110 valence electrons. The van der Waals surface area contributed by atoms with Crippen LogP contribution in [0.3, 0.4) is 0 Å². The smallest absolute Gasteiger partial charge is 0.170 e. The third-order valence-electron chi connectivity index (χ3n) is 4.92. The van der Waals surface area contributed by atoms with Crippen LogP contribution in [0.4, 0.5) is 0 Å². The minimum absolute atomic E-state index is 0.0151. The number of unbranched alkanes of at least 4 members (excludes halogenated alkanes) is 4. The second kappa shape index (κ2) is 8.16. The molecule has 0 bridgehead atoms. The second-order valence-corrected chi connectivity index (χ2v) is 6.18. The topological polar surface area (TPSA) is 18.5 Å². The summed E-state index contributed by atoms with van der Waals surface area (Å²) in [5.74, 6) is 0.0829. The molecule has 0 saturated heterocycles. The predicted molar refractivity (Wildman–Crippen MR) is 78.7 cm³/mol. The molecule has 0 radical (unpaired) electrons. The van der Waals surface area contributed by atoms with E-state index in [1.165, 1.54) is 38.5 Å². The Labute approximate surface area is 114 Å². The quantitative estimate of drug-likeness (QED) is 0.405. The monoisotopic (exact) mass is 258 g/mol. The van der Waals surface area contributed by atoms with Crippen LogP contribution in [0, 0.1) is 11.3 Å². The zero-order valence-corrected chi connectivity index (χ0v) is 13.6. The second-order valence-electron chi connectivity index (χ2n) is 6.18. The van der Waals surface area contributed by atoms with Crippen molar-refractivity contribution in [3.8, 4) is 0 Å². The van der Waals surface area contributed by atoms with E-state index in [0.29, 0.717) is 5.92 Å². The van der Waals surface area contributed by atoms with E-state index in [1.807, 2.05) is 6.92 Å². The molecule has 18 heavy (non-hydrogen) atoms. The number of hydrogen-bond acceptors (Lipinski definition) is 2. The van der Waals surface area contributed by atoms with Crippen LogP contribution in [0.2, 0.25) is 0 Å². The van der Waals surface area contributed by atoms with E-state index in [4.69, 9.17) is 9.47 Å². The van der Waals surface area contributed by atoms with Gasteiger partial charge in [0.2, 0.25) is 0 Å². The molecule has 2 heteroatoms. The molecule has 0 rings (SSSR count). The highest BCUT2D eigenvalue weighted by atomic mass is 16.7. The fourth-order valence-corrected chi connectivity index (χ4v) is 2.47. The molecule has 1 unspecified atom stereocenters. The Kier molecular flexibility index (Phi) is 8.13. The first-order valence-electron chi connectivity index (χ1n) is 7.46. The fraction of sp³-hybridized carbons (Fsp3) is 1.00. The van der Waals surface area contributed by atoms with Crippen LogP contribution in [-0.4, -0.2) is 20.0 Å². The number of methoxy groups -OCH3 is 2. The minimum Gasteiger partial charge on any atom is -0.353 e. The molecule has 0 spiro atoms. The summed E-state index contributed by atoms with van der Waals surface area (Å²) in [6, 6.07) is 0. The van der Waals surface area contributed by atoms with Crippen molar-refractivity contribution in [2.24, 2.45) is 11.3 Å². The maximum atomic E-state index is 5.60. The van der Waals surface area contributed by atoms with Gasteiger partial charge >= 0.3 is 0 Å². The van der Waals surface area contributed by atoms with Crippen molar-refractivity contribution in [2.45, 2.75) is 78.9 Å². The van der Waals surface area contributed by atoms with Gasteiger partial charge in [0.15, 0.2) is 5.79 Å². The molecule has 0 aromatic carbocycles. The van der Waals surface area contributed by atoms with Crippen LogP contribution in [0.25, 0.3) is 0 Å². The first kappa shape index (κ1) is 17.9. The summed E-state index contributed by atoms with van der Waals surface area (Å²) in [5, 5.41) is 0. The predicted octanol–water partition coefficient (Wildman–Crippen LogP) is 5.02. The van der Waals surface area contributed by atoms with Crippen LogP contribution in [0.5, 0.6) is 0 Å². The van der Waals surface area contributed by atoms with E-state index in [9.17, 15) is 0 Å². The number of hydrogen-bond donors (Lipinski definition) is 0. The van der Waals surface area contributed by atoms with Crippen LogP contribution < -0.4 is 0 Å². The summed E-state index contributed by atoms with van der Waals surface area (Å²) >= 11 is 0. The van der Waals surface area contributed by atoms with Crippen molar-refractivity contribution < 1.29 is 9.47 Å². The highest BCUT2D eigenvalue weighted by Crippen LogP contribution is 2.42.